The molecule has 1 saturated heterocycles. The zero-order valence-corrected chi connectivity index (χ0v) is 17.5. The van der Waals surface area contributed by atoms with Gasteiger partial charge in [-0.05, 0) is 37.1 Å². The van der Waals surface area contributed by atoms with Crippen molar-refractivity contribution in [3.05, 3.63) is 58.9 Å². The molecule has 0 radical (unpaired) electrons. The number of benzene rings is 2. The molecule has 0 atom stereocenters. The molecule has 0 saturated carbocycles. The van der Waals surface area contributed by atoms with Crippen LogP contribution in [0.1, 0.15) is 18.4 Å². The third kappa shape index (κ3) is 5.07. The number of nitrogens with zero attached hydrogens (tertiary/aromatic N) is 1. The molecule has 1 N–H and O–H groups in total. The van der Waals surface area contributed by atoms with Crippen molar-refractivity contribution in [2.24, 2.45) is 5.92 Å². The van der Waals surface area contributed by atoms with Crippen LogP contribution in [0.5, 0.6) is 5.75 Å². The number of carbonyl (C=O) groups is 1. The Morgan fingerprint density at radius 1 is 1.21 bits per heavy atom. The first-order chi connectivity index (χ1) is 13.8. The first-order valence-electron chi connectivity index (χ1n) is 9.16. The molecular weight excluding hydrogens is 419 g/mol. The number of ether oxygens (including phenoxy) is 1. The van der Waals surface area contributed by atoms with Crippen molar-refractivity contribution in [1.82, 2.24) is 4.31 Å². The number of halogens is 2. The minimum Gasteiger partial charge on any atom is -0.495 e. The Kier molecular flexibility index (Phi) is 6.77. The van der Waals surface area contributed by atoms with E-state index in [2.05, 4.69) is 5.32 Å². The highest BCUT2D eigenvalue weighted by Gasteiger charge is 2.32. The molecule has 3 rings (SSSR count). The smallest absolute Gasteiger partial charge is 0.227 e. The van der Waals surface area contributed by atoms with Gasteiger partial charge in [-0.15, -0.1) is 0 Å². The van der Waals surface area contributed by atoms with Crippen LogP contribution in [0.15, 0.2) is 42.5 Å². The summed E-state index contributed by atoms with van der Waals surface area (Å²) < 4.78 is 45.9. The van der Waals surface area contributed by atoms with Crippen LogP contribution in [0.3, 0.4) is 0 Å². The van der Waals surface area contributed by atoms with Gasteiger partial charge in [-0.25, -0.2) is 17.1 Å². The van der Waals surface area contributed by atoms with Gasteiger partial charge in [-0.3, -0.25) is 4.79 Å². The van der Waals surface area contributed by atoms with Crippen LogP contribution in [-0.2, 0) is 20.6 Å². The van der Waals surface area contributed by atoms with Crippen LogP contribution in [0.2, 0.25) is 5.02 Å². The number of para-hydroxylation sites is 2. The lowest BCUT2D eigenvalue weighted by molar-refractivity contribution is -0.120. The summed E-state index contributed by atoms with van der Waals surface area (Å²) in [4.78, 5) is 12.6. The van der Waals surface area contributed by atoms with Crippen LogP contribution < -0.4 is 10.1 Å². The van der Waals surface area contributed by atoms with Gasteiger partial charge in [0, 0.05) is 29.6 Å². The predicted octanol–water partition coefficient (Wildman–Crippen LogP) is 3.67. The lowest BCUT2D eigenvalue weighted by atomic mass is 9.97. The molecule has 1 amide bonds. The maximum atomic E-state index is 14.0. The molecule has 0 aliphatic carbocycles. The average Bonchev–Trinajstić information content (AvgIpc) is 2.71. The number of nitrogens with one attached hydrogen (secondary N) is 1. The number of methoxy groups -OCH3 is 1. The van der Waals surface area contributed by atoms with Gasteiger partial charge in [0.1, 0.15) is 11.6 Å². The van der Waals surface area contributed by atoms with Crippen molar-refractivity contribution in [1.29, 1.82) is 0 Å². The second-order valence-corrected chi connectivity index (χ2v) is 9.20. The van der Waals surface area contributed by atoms with Crippen LogP contribution >= 0.6 is 11.6 Å². The Balaban J connectivity index is 1.61. The number of amides is 1. The van der Waals surface area contributed by atoms with Gasteiger partial charge in [0.25, 0.3) is 0 Å². The summed E-state index contributed by atoms with van der Waals surface area (Å²) in [5.74, 6) is -1.08. The summed E-state index contributed by atoms with van der Waals surface area (Å²) in [5, 5.41) is 2.92. The molecular formula is C20H22ClFN2O4S. The van der Waals surface area contributed by atoms with Gasteiger partial charge < -0.3 is 10.1 Å². The molecule has 29 heavy (non-hydrogen) atoms. The first-order valence-corrected chi connectivity index (χ1v) is 11.1. The molecule has 2 aromatic carbocycles. The molecule has 156 valence electrons. The van der Waals surface area contributed by atoms with Gasteiger partial charge in [-0.2, -0.15) is 0 Å². The Bertz CT molecular complexity index is 971. The molecule has 6 nitrogen and oxygen atoms in total. The molecule has 1 aliphatic rings. The van der Waals surface area contributed by atoms with Crippen molar-refractivity contribution in [3.8, 4) is 5.75 Å². The van der Waals surface area contributed by atoms with E-state index in [0.29, 0.717) is 24.3 Å². The fraction of sp³-hybridized carbons (Fsp3) is 0.350. The van der Waals surface area contributed by atoms with E-state index in [0.717, 1.165) is 0 Å². The van der Waals surface area contributed by atoms with E-state index in [1.54, 1.807) is 24.3 Å². The number of anilines is 1. The Hall–Kier alpha value is -2.16. The highest BCUT2D eigenvalue weighted by molar-refractivity contribution is 7.88. The number of hydrogen-bond donors (Lipinski definition) is 1. The van der Waals surface area contributed by atoms with Crippen LogP contribution in [0.25, 0.3) is 0 Å². The van der Waals surface area contributed by atoms with Gasteiger partial charge in [0.05, 0.1) is 18.6 Å². The predicted molar refractivity (Wildman–Crippen MR) is 110 cm³/mol. The lowest BCUT2D eigenvalue weighted by Gasteiger charge is -2.30. The summed E-state index contributed by atoms with van der Waals surface area (Å²) in [7, 11) is -2.22. The number of hydrogen-bond acceptors (Lipinski definition) is 4. The van der Waals surface area contributed by atoms with Crippen molar-refractivity contribution in [2.75, 3.05) is 25.5 Å². The van der Waals surface area contributed by atoms with E-state index in [1.165, 1.54) is 29.6 Å². The summed E-state index contributed by atoms with van der Waals surface area (Å²) in [5.41, 5.74) is 0.537. The molecule has 0 unspecified atom stereocenters. The van der Waals surface area contributed by atoms with Crippen molar-refractivity contribution >= 4 is 33.2 Å². The lowest BCUT2D eigenvalue weighted by Crippen LogP contribution is -2.42. The normalized spacial score (nSPS) is 15.8. The van der Waals surface area contributed by atoms with E-state index in [1.807, 2.05) is 0 Å². The second-order valence-electron chi connectivity index (χ2n) is 6.82. The quantitative estimate of drug-likeness (QED) is 0.743. The van der Waals surface area contributed by atoms with Crippen LogP contribution in [0.4, 0.5) is 10.1 Å². The van der Waals surface area contributed by atoms with Crippen LogP contribution in [0, 0.1) is 11.7 Å². The summed E-state index contributed by atoms with van der Waals surface area (Å²) >= 11 is 5.95. The summed E-state index contributed by atoms with van der Waals surface area (Å²) in [6.45, 7) is 0.386. The second kappa shape index (κ2) is 9.11. The molecule has 0 spiro atoms. The topological polar surface area (TPSA) is 75.7 Å². The van der Waals surface area contributed by atoms with Gasteiger partial charge >= 0.3 is 0 Å². The Morgan fingerprint density at radius 2 is 1.90 bits per heavy atom. The van der Waals surface area contributed by atoms with E-state index < -0.39 is 21.6 Å². The minimum atomic E-state index is -3.74. The Labute approximate surface area is 174 Å². The molecule has 0 aromatic heterocycles. The molecule has 0 bridgehead atoms. The fourth-order valence-electron chi connectivity index (χ4n) is 3.32. The molecule has 1 aliphatic heterocycles. The fourth-order valence-corrected chi connectivity index (χ4v) is 5.24. The zero-order chi connectivity index (χ0) is 21.0. The van der Waals surface area contributed by atoms with Crippen molar-refractivity contribution in [2.45, 2.75) is 18.6 Å². The summed E-state index contributed by atoms with van der Waals surface area (Å²) in [6, 6.07) is 11.2. The Morgan fingerprint density at radius 3 is 2.55 bits per heavy atom. The highest BCUT2D eigenvalue weighted by atomic mass is 35.5. The third-order valence-corrected chi connectivity index (χ3v) is 7.13. The molecule has 1 fully saturated rings. The maximum Gasteiger partial charge on any atom is 0.227 e. The monoisotopic (exact) mass is 440 g/mol. The zero-order valence-electron chi connectivity index (χ0n) is 15.9. The van der Waals surface area contributed by atoms with E-state index >= 15 is 0 Å². The van der Waals surface area contributed by atoms with E-state index in [4.69, 9.17) is 16.3 Å². The highest BCUT2D eigenvalue weighted by Crippen LogP contribution is 2.28. The van der Waals surface area contributed by atoms with Crippen molar-refractivity contribution in [3.63, 3.8) is 0 Å². The van der Waals surface area contributed by atoms with Gasteiger partial charge in [-0.1, -0.05) is 29.8 Å². The van der Waals surface area contributed by atoms with Crippen molar-refractivity contribution < 1.29 is 22.3 Å². The van der Waals surface area contributed by atoms with Gasteiger partial charge in [0.15, 0.2) is 0 Å². The van der Waals surface area contributed by atoms with E-state index in [9.17, 15) is 17.6 Å². The average molecular weight is 441 g/mol. The number of rotatable bonds is 6. The van der Waals surface area contributed by atoms with Crippen LogP contribution in [-0.4, -0.2) is 38.8 Å². The first kappa shape index (κ1) is 21.5. The SMILES string of the molecule is COc1ccccc1NC(=O)C1CCN(S(=O)(=O)Cc2c(F)cccc2Cl)CC1. The third-order valence-electron chi connectivity index (χ3n) is 4.97. The minimum absolute atomic E-state index is 0.0368. The van der Waals surface area contributed by atoms with Gasteiger partial charge in [0.2, 0.25) is 15.9 Å². The maximum absolute atomic E-state index is 14.0. The molecule has 1 heterocycles. The summed E-state index contributed by atoms with van der Waals surface area (Å²) in [6.07, 6.45) is 0.760. The van der Waals surface area contributed by atoms with E-state index in [-0.39, 0.29) is 35.5 Å². The molecule has 2 aromatic rings. The number of sulfonamides is 1. The number of carbonyl (C=O) groups excluding carboxylic acids is 1. The molecule has 9 heteroatoms. The largest absolute Gasteiger partial charge is 0.495 e. The standard InChI is InChI=1S/C20H22ClFN2O4S/c1-28-19-8-3-2-7-18(19)23-20(25)14-9-11-24(12-10-14)29(26,27)13-15-16(21)5-4-6-17(15)22/h2-8,14H,9-13H2,1H3,(H,23,25). The number of piperidine rings is 1.